The Kier molecular flexibility index (Phi) is 2.11. The third-order valence-electron chi connectivity index (χ3n) is 3.00. The van der Waals surface area contributed by atoms with E-state index in [-0.39, 0.29) is 11.6 Å². The number of hydrogen-bond donors (Lipinski definition) is 0. The Morgan fingerprint density at radius 1 is 0.882 bits per heavy atom. The van der Waals surface area contributed by atoms with Crippen LogP contribution in [-0.2, 0) is 0 Å². The van der Waals surface area contributed by atoms with Gasteiger partial charge in [-0.25, -0.2) is 0 Å². The fourth-order valence-electron chi connectivity index (χ4n) is 2.19. The number of fused-ring (bicyclic) bond motifs is 1. The maximum Gasteiger partial charge on any atom is 0.178 e. The van der Waals surface area contributed by atoms with Crippen LogP contribution in [0.2, 0.25) is 0 Å². The van der Waals surface area contributed by atoms with Crippen LogP contribution in [0.25, 0.3) is 0 Å². The van der Waals surface area contributed by atoms with E-state index < -0.39 is 5.92 Å². The minimum atomic E-state index is -0.707. The van der Waals surface area contributed by atoms with Crippen molar-refractivity contribution in [2.45, 2.75) is 5.92 Å². The number of benzene rings is 1. The maximum absolute atomic E-state index is 12.2. The number of carbonyl (C=O) groups excluding carboxylic acids is 2. The second-order valence-corrected chi connectivity index (χ2v) is 3.99. The highest BCUT2D eigenvalue weighted by molar-refractivity contribution is 6.29. The van der Waals surface area contributed by atoms with Crippen LogP contribution >= 0.6 is 0 Å². The lowest BCUT2D eigenvalue weighted by Crippen LogP contribution is -2.12. The van der Waals surface area contributed by atoms with Crippen molar-refractivity contribution < 1.29 is 9.59 Å². The Labute approximate surface area is 98.1 Å². The highest BCUT2D eigenvalue weighted by Crippen LogP contribution is 2.33. The predicted molar refractivity (Wildman–Crippen MR) is 62.1 cm³/mol. The van der Waals surface area contributed by atoms with Gasteiger partial charge in [0.1, 0.15) is 5.92 Å². The first-order valence-electron chi connectivity index (χ1n) is 5.36. The van der Waals surface area contributed by atoms with Crippen LogP contribution < -0.4 is 0 Å². The van der Waals surface area contributed by atoms with Gasteiger partial charge in [-0.3, -0.25) is 14.6 Å². The van der Waals surface area contributed by atoms with Gasteiger partial charge < -0.3 is 0 Å². The van der Waals surface area contributed by atoms with Gasteiger partial charge in [0.25, 0.3) is 0 Å². The number of aromatic nitrogens is 1. The largest absolute Gasteiger partial charge is 0.293 e. The number of hydrogen-bond acceptors (Lipinski definition) is 3. The van der Waals surface area contributed by atoms with Crippen LogP contribution in [0.15, 0.2) is 48.8 Å². The predicted octanol–water partition coefficient (Wildman–Crippen LogP) is 2.24. The highest BCUT2D eigenvalue weighted by atomic mass is 16.2. The summed E-state index contributed by atoms with van der Waals surface area (Å²) in [5.41, 5.74) is 1.71. The first-order valence-corrected chi connectivity index (χ1v) is 5.36. The molecule has 0 aliphatic heterocycles. The van der Waals surface area contributed by atoms with Gasteiger partial charge in [-0.15, -0.1) is 0 Å². The molecular formula is C14H9NO2. The van der Waals surface area contributed by atoms with Crippen molar-refractivity contribution in [1.82, 2.24) is 4.98 Å². The summed E-state index contributed by atoms with van der Waals surface area (Å²) in [4.78, 5) is 28.3. The van der Waals surface area contributed by atoms with Crippen LogP contribution in [0, 0.1) is 0 Å². The van der Waals surface area contributed by atoms with Crippen molar-refractivity contribution in [2.75, 3.05) is 0 Å². The lowest BCUT2D eigenvalue weighted by Gasteiger charge is -2.05. The molecule has 3 nitrogen and oxygen atoms in total. The van der Waals surface area contributed by atoms with Crippen molar-refractivity contribution in [3.8, 4) is 0 Å². The molecule has 0 spiro atoms. The van der Waals surface area contributed by atoms with E-state index in [1.165, 1.54) is 0 Å². The molecule has 0 saturated carbocycles. The van der Waals surface area contributed by atoms with Gasteiger partial charge in [-0.05, 0) is 11.6 Å². The Morgan fingerprint density at radius 3 is 2.06 bits per heavy atom. The van der Waals surface area contributed by atoms with Gasteiger partial charge in [0.15, 0.2) is 11.6 Å². The second kappa shape index (κ2) is 3.63. The van der Waals surface area contributed by atoms with E-state index >= 15 is 0 Å². The molecule has 0 N–H and O–H groups in total. The van der Waals surface area contributed by atoms with Gasteiger partial charge in [-0.2, -0.15) is 0 Å². The summed E-state index contributed by atoms with van der Waals surface area (Å²) in [5, 5.41) is 0. The summed E-state index contributed by atoms with van der Waals surface area (Å²) < 4.78 is 0. The van der Waals surface area contributed by atoms with Crippen molar-refractivity contribution in [2.24, 2.45) is 0 Å². The molecule has 82 valence electrons. The number of Topliss-reactive ketones (excluding diaryl/α,β-unsaturated/α-hetero) is 2. The first-order chi connectivity index (χ1) is 8.29. The zero-order chi connectivity index (χ0) is 11.8. The SMILES string of the molecule is O=C1c2ccccc2C(=O)C1c1cccnc1. The average Bonchev–Trinajstić information content (AvgIpc) is 2.64. The molecule has 1 heterocycles. The number of rotatable bonds is 1. The zero-order valence-electron chi connectivity index (χ0n) is 8.96. The van der Waals surface area contributed by atoms with E-state index in [2.05, 4.69) is 4.98 Å². The summed E-state index contributed by atoms with van der Waals surface area (Å²) in [6.45, 7) is 0. The molecule has 3 heteroatoms. The van der Waals surface area contributed by atoms with Crippen molar-refractivity contribution in [1.29, 1.82) is 0 Å². The maximum atomic E-state index is 12.2. The average molecular weight is 223 g/mol. The smallest absolute Gasteiger partial charge is 0.178 e. The van der Waals surface area contributed by atoms with Crippen LogP contribution in [0.3, 0.4) is 0 Å². The van der Waals surface area contributed by atoms with Crippen LogP contribution in [0.5, 0.6) is 0 Å². The van der Waals surface area contributed by atoms with E-state index in [4.69, 9.17) is 0 Å². The molecule has 2 aromatic rings. The summed E-state index contributed by atoms with van der Waals surface area (Å²) in [6, 6.07) is 10.4. The molecule has 0 saturated heterocycles. The summed E-state index contributed by atoms with van der Waals surface area (Å²) in [5.74, 6) is -0.960. The molecule has 0 unspecified atom stereocenters. The van der Waals surface area contributed by atoms with Crippen LogP contribution in [0.1, 0.15) is 32.2 Å². The third-order valence-corrected chi connectivity index (χ3v) is 3.00. The van der Waals surface area contributed by atoms with Gasteiger partial charge in [0.2, 0.25) is 0 Å². The van der Waals surface area contributed by atoms with Gasteiger partial charge in [0, 0.05) is 23.5 Å². The Bertz CT molecular complexity index is 570. The van der Waals surface area contributed by atoms with Crippen LogP contribution in [0.4, 0.5) is 0 Å². The molecule has 3 rings (SSSR count). The van der Waals surface area contributed by atoms with E-state index in [9.17, 15) is 9.59 Å². The molecule has 1 aliphatic carbocycles. The number of carbonyl (C=O) groups is 2. The molecule has 17 heavy (non-hydrogen) atoms. The molecule has 1 aromatic carbocycles. The van der Waals surface area contributed by atoms with Crippen molar-refractivity contribution in [3.05, 3.63) is 65.5 Å². The summed E-state index contributed by atoms with van der Waals surface area (Å²) in [6.07, 6.45) is 3.20. The lowest BCUT2D eigenvalue weighted by atomic mass is 9.96. The van der Waals surface area contributed by atoms with Gasteiger partial charge >= 0.3 is 0 Å². The minimum Gasteiger partial charge on any atom is -0.293 e. The second-order valence-electron chi connectivity index (χ2n) is 3.99. The van der Waals surface area contributed by atoms with Gasteiger partial charge in [-0.1, -0.05) is 30.3 Å². The zero-order valence-corrected chi connectivity index (χ0v) is 8.96. The quantitative estimate of drug-likeness (QED) is 0.696. The van der Waals surface area contributed by atoms with E-state index in [1.807, 2.05) is 0 Å². The van der Waals surface area contributed by atoms with E-state index in [0.29, 0.717) is 16.7 Å². The number of ketones is 2. The van der Waals surface area contributed by atoms with Crippen molar-refractivity contribution >= 4 is 11.6 Å². The lowest BCUT2D eigenvalue weighted by molar-refractivity contribution is 0.0890. The van der Waals surface area contributed by atoms with E-state index in [0.717, 1.165) is 0 Å². The monoisotopic (exact) mass is 223 g/mol. The number of pyridine rings is 1. The van der Waals surface area contributed by atoms with E-state index in [1.54, 1.807) is 48.8 Å². The van der Waals surface area contributed by atoms with Crippen molar-refractivity contribution in [3.63, 3.8) is 0 Å². The fourth-order valence-corrected chi connectivity index (χ4v) is 2.19. The summed E-state index contributed by atoms with van der Waals surface area (Å²) in [7, 11) is 0. The molecule has 1 aromatic heterocycles. The first kappa shape index (κ1) is 9.90. The molecule has 0 atom stereocenters. The molecule has 0 radical (unpaired) electrons. The highest BCUT2D eigenvalue weighted by Gasteiger charge is 2.39. The third kappa shape index (κ3) is 1.40. The normalized spacial score (nSPS) is 15.1. The van der Waals surface area contributed by atoms with Crippen LogP contribution in [-0.4, -0.2) is 16.6 Å². The summed E-state index contributed by atoms with van der Waals surface area (Å²) >= 11 is 0. The number of nitrogens with zero attached hydrogens (tertiary/aromatic N) is 1. The Hall–Kier alpha value is -2.29. The molecule has 1 aliphatic rings. The Balaban J connectivity index is 2.13. The molecule has 0 bridgehead atoms. The standard InChI is InChI=1S/C14H9NO2/c16-13-10-5-1-2-6-11(10)14(17)12(13)9-4-3-7-15-8-9/h1-8,12H. The fraction of sp³-hybridized carbons (Fsp3) is 0.0714. The molecule has 0 amide bonds. The minimum absolute atomic E-state index is 0.126. The molecule has 0 fully saturated rings. The Morgan fingerprint density at radius 2 is 1.53 bits per heavy atom. The molecular weight excluding hydrogens is 214 g/mol. The topological polar surface area (TPSA) is 47.0 Å². The van der Waals surface area contributed by atoms with Gasteiger partial charge in [0.05, 0.1) is 0 Å².